The minimum absolute atomic E-state index is 0.569. The average molecular weight is 340 g/mol. The zero-order chi connectivity index (χ0) is 17.8. The first-order valence-electron chi connectivity index (χ1n) is 8.43. The van der Waals surface area contributed by atoms with Crippen LogP contribution in [0.1, 0.15) is 35.0 Å². The molecule has 0 amide bonds. The molecule has 5 nitrogen and oxygen atoms in total. The van der Waals surface area contributed by atoms with Gasteiger partial charge in [-0.3, -0.25) is 0 Å². The molecule has 0 aliphatic rings. The third-order valence-electron chi connectivity index (χ3n) is 4.33. The zero-order valence-corrected chi connectivity index (χ0v) is 14.9. The summed E-state index contributed by atoms with van der Waals surface area (Å²) in [7, 11) is 3.32. The molecular weight excluding hydrogens is 316 g/mol. The van der Waals surface area contributed by atoms with Crippen LogP contribution in [0.2, 0.25) is 0 Å². The number of aryl methyl sites for hydroxylation is 2. The molecule has 132 valence electrons. The van der Waals surface area contributed by atoms with E-state index in [0.29, 0.717) is 12.5 Å². The van der Waals surface area contributed by atoms with Crippen LogP contribution in [0.25, 0.3) is 5.52 Å². The highest BCUT2D eigenvalue weighted by Gasteiger charge is 2.22. The van der Waals surface area contributed by atoms with Gasteiger partial charge in [-0.05, 0) is 37.0 Å². The lowest BCUT2D eigenvalue weighted by atomic mass is 10.0. The molecule has 0 aliphatic carbocycles. The lowest BCUT2D eigenvalue weighted by Crippen LogP contribution is -2.08. The van der Waals surface area contributed by atoms with Crippen molar-refractivity contribution in [2.75, 3.05) is 20.8 Å². The van der Waals surface area contributed by atoms with E-state index in [1.54, 1.807) is 14.2 Å². The fourth-order valence-electron chi connectivity index (χ4n) is 3.19. The second-order valence-electron chi connectivity index (χ2n) is 6.11. The molecule has 0 spiro atoms. The maximum absolute atomic E-state index is 11.1. The van der Waals surface area contributed by atoms with E-state index >= 15 is 0 Å². The van der Waals surface area contributed by atoms with Crippen LogP contribution in [0.5, 0.6) is 5.88 Å². The molecule has 1 aromatic carbocycles. The number of ether oxygens (including phenoxy) is 2. The Balaban J connectivity index is 2.15. The summed E-state index contributed by atoms with van der Waals surface area (Å²) in [5.41, 5.74) is 4.51. The van der Waals surface area contributed by atoms with Crippen molar-refractivity contribution in [1.82, 2.24) is 9.38 Å². The summed E-state index contributed by atoms with van der Waals surface area (Å²) in [5.74, 6) is 0.569. The van der Waals surface area contributed by atoms with Crippen LogP contribution in [-0.4, -0.2) is 35.3 Å². The largest absolute Gasteiger partial charge is 0.479 e. The van der Waals surface area contributed by atoms with Crippen molar-refractivity contribution in [1.29, 1.82) is 0 Å². The molecule has 2 aromatic heterocycles. The predicted molar refractivity (Wildman–Crippen MR) is 97.2 cm³/mol. The molecule has 1 unspecified atom stereocenters. The van der Waals surface area contributed by atoms with E-state index in [4.69, 9.17) is 9.47 Å². The molecule has 25 heavy (non-hydrogen) atoms. The summed E-state index contributed by atoms with van der Waals surface area (Å²) in [5, 5.41) is 11.1. The van der Waals surface area contributed by atoms with Crippen LogP contribution in [0.4, 0.5) is 0 Å². The Bertz CT molecular complexity index is 843. The lowest BCUT2D eigenvalue weighted by molar-refractivity contribution is 0.193. The third-order valence-corrected chi connectivity index (χ3v) is 4.33. The normalized spacial score (nSPS) is 12.5. The predicted octanol–water partition coefficient (Wildman–Crippen LogP) is 3.31. The van der Waals surface area contributed by atoms with Crippen molar-refractivity contribution in [3.63, 3.8) is 0 Å². The van der Waals surface area contributed by atoms with Gasteiger partial charge >= 0.3 is 0 Å². The summed E-state index contributed by atoms with van der Waals surface area (Å²) in [4.78, 5) is 4.45. The van der Waals surface area contributed by atoms with Crippen molar-refractivity contribution < 1.29 is 14.6 Å². The van der Waals surface area contributed by atoms with E-state index in [1.807, 2.05) is 47.9 Å². The summed E-state index contributed by atoms with van der Waals surface area (Å²) in [6.07, 6.45) is 2.93. The Kier molecular flexibility index (Phi) is 5.36. The van der Waals surface area contributed by atoms with Crippen molar-refractivity contribution in [3.05, 3.63) is 65.1 Å². The number of hydrogen-bond acceptors (Lipinski definition) is 4. The van der Waals surface area contributed by atoms with Gasteiger partial charge in [0.2, 0.25) is 5.88 Å². The van der Waals surface area contributed by atoms with Crippen LogP contribution >= 0.6 is 0 Å². The van der Waals surface area contributed by atoms with E-state index < -0.39 is 6.10 Å². The maximum atomic E-state index is 11.1. The molecule has 3 aromatic rings. The van der Waals surface area contributed by atoms with Gasteiger partial charge in [-0.1, -0.05) is 30.3 Å². The SMILES string of the molecule is COCCCc1cc2c(OC)nc(C)cn2c1C(O)c1ccccc1. The quantitative estimate of drug-likeness (QED) is 0.671. The summed E-state index contributed by atoms with van der Waals surface area (Å²) in [6.45, 7) is 2.60. The molecule has 2 heterocycles. The van der Waals surface area contributed by atoms with Crippen LogP contribution < -0.4 is 4.74 Å². The number of benzene rings is 1. The zero-order valence-electron chi connectivity index (χ0n) is 14.9. The topological polar surface area (TPSA) is 56.0 Å². The van der Waals surface area contributed by atoms with Crippen molar-refractivity contribution in [2.24, 2.45) is 0 Å². The average Bonchev–Trinajstić information content (AvgIpc) is 2.99. The Morgan fingerprint density at radius 2 is 1.96 bits per heavy atom. The Morgan fingerprint density at radius 1 is 1.20 bits per heavy atom. The van der Waals surface area contributed by atoms with E-state index in [-0.39, 0.29) is 0 Å². The van der Waals surface area contributed by atoms with Gasteiger partial charge in [-0.25, -0.2) is 4.98 Å². The van der Waals surface area contributed by atoms with E-state index in [9.17, 15) is 5.11 Å². The van der Waals surface area contributed by atoms with Gasteiger partial charge in [0.1, 0.15) is 11.6 Å². The van der Waals surface area contributed by atoms with Crippen LogP contribution in [0.15, 0.2) is 42.6 Å². The standard InChI is InChI=1S/C20H24N2O3/c1-14-13-22-17(20(21-14)25-3)12-16(10-7-11-24-2)18(22)19(23)15-8-5-4-6-9-15/h4-6,8-9,12-13,19,23H,7,10-11H2,1-3H3. The van der Waals surface area contributed by atoms with Gasteiger partial charge in [0.15, 0.2) is 0 Å². The summed E-state index contributed by atoms with van der Waals surface area (Å²) >= 11 is 0. The van der Waals surface area contributed by atoms with Gasteiger partial charge < -0.3 is 19.0 Å². The van der Waals surface area contributed by atoms with Crippen molar-refractivity contribution in [3.8, 4) is 5.88 Å². The molecule has 0 aliphatic heterocycles. The molecule has 0 saturated heterocycles. The number of aromatic nitrogens is 2. The van der Waals surface area contributed by atoms with Crippen molar-refractivity contribution in [2.45, 2.75) is 25.9 Å². The van der Waals surface area contributed by atoms with Gasteiger partial charge in [-0.2, -0.15) is 0 Å². The van der Waals surface area contributed by atoms with E-state index in [1.165, 1.54) is 0 Å². The molecule has 5 heteroatoms. The molecule has 0 saturated carbocycles. The highest BCUT2D eigenvalue weighted by Crippen LogP contribution is 2.32. The van der Waals surface area contributed by atoms with E-state index in [0.717, 1.165) is 40.9 Å². The number of hydrogen-bond donors (Lipinski definition) is 1. The monoisotopic (exact) mass is 340 g/mol. The number of aliphatic hydroxyl groups excluding tert-OH is 1. The molecular formula is C20H24N2O3. The van der Waals surface area contributed by atoms with Crippen LogP contribution in [0, 0.1) is 6.92 Å². The second-order valence-corrected chi connectivity index (χ2v) is 6.11. The van der Waals surface area contributed by atoms with Gasteiger partial charge in [0, 0.05) is 19.9 Å². The number of methoxy groups -OCH3 is 2. The highest BCUT2D eigenvalue weighted by molar-refractivity contribution is 5.62. The Hall–Kier alpha value is -2.37. The Labute approximate surface area is 147 Å². The second kappa shape index (κ2) is 7.68. The number of aliphatic hydroxyl groups is 1. The fraction of sp³-hybridized carbons (Fsp3) is 0.350. The van der Waals surface area contributed by atoms with Gasteiger partial charge in [-0.15, -0.1) is 0 Å². The molecule has 1 atom stereocenters. The minimum Gasteiger partial charge on any atom is -0.479 e. The van der Waals surface area contributed by atoms with Gasteiger partial charge in [0.05, 0.1) is 18.5 Å². The Morgan fingerprint density at radius 3 is 2.64 bits per heavy atom. The molecule has 1 N–H and O–H groups in total. The van der Waals surface area contributed by atoms with Crippen LogP contribution in [0.3, 0.4) is 0 Å². The molecule has 0 radical (unpaired) electrons. The minimum atomic E-state index is -0.715. The first-order valence-corrected chi connectivity index (χ1v) is 8.43. The van der Waals surface area contributed by atoms with Gasteiger partial charge in [0.25, 0.3) is 0 Å². The number of rotatable bonds is 7. The fourth-order valence-corrected chi connectivity index (χ4v) is 3.19. The van der Waals surface area contributed by atoms with E-state index in [2.05, 4.69) is 11.1 Å². The molecule has 0 bridgehead atoms. The number of fused-ring (bicyclic) bond motifs is 1. The molecule has 3 rings (SSSR count). The highest BCUT2D eigenvalue weighted by atomic mass is 16.5. The first-order chi connectivity index (χ1) is 12.2. The first kappa shape index (κ1) is 17.5. The summed E-state index contributed by atoms with van der Waals surface area (Å²) in [6, 6.07) is 11.8. The third kappa shape index (κ3) is 3.52. The van der Waals surface area contributed by atoms with Crippen LogP contribution in [-0.2, 0) is 11.2 Å². The smallest absolute Gasteiger partial charge is 0.238 e. The van der Waals surface area contributed by atoms with Crippen molar-refractivity contribution >= 4 is 5.52 Å². The molecule has 0 fully saturated rings. The maximum Gasteiger partial charge on any atom is 0.238 e. The number of nitrogens with zero attached hydrogens (tertiary/aromatic N) is 2. The lowest BCUT2D eigenvalue weighted by Gasteiger charge is -2.15. The summed E-state index contributed by atoms with van der Waals surface area (Å²) < 4.78 is 12.6.